The van der Waals surface area contributed by atoms with Crippen LogP contribution in [-0.2, 0) is 17.1 Å². The van der Waals surface area contributed by atoms with Gasteiger partial charge in [-0.1, -0.05) is 31.5 Å². The van der Waals surface area contributed by atoms with E-state index in [4.69, 9.17) is 4.74 Å². The van der Waals surface area contributed by atoms with Crippen molar-refractivity contribution in [2.45, 2.75) is 71.5 Å². The number of amides is 1. The molecular weight excluding hydrogens is 631 g/mol. The van der Waals surface area contributed by atoms with Crippen molar-refractivity contribution in [1.29, 1.82) is 0 Å². The van der Waals surface area contributed by atoms with E-state index in [1.54, 1.807) is 6.92 Å². The Labute approximate surface area is 266 Å². The summed E-state index contributed by atoms with van der Waals surface area (Å²) in [7, 11) is 0. The van der Waals surface area contributed by atoms with Crippen LogP contribution in [0.5, 0.6) is 0 Å². The summed E-state index contributed by atoms with van der Waals surface area (Å²) in [6.45, 7) is 7.23. The van der Waals surface area contributed by atoms with E-state index in [0.29, 0.717) is 42.0 Å². The van der Waals surface area contributed by atoms with Crippen molar-refractivity contribution in [3.63, 3.8) is 0 Å². The number of hydrogen-bond donors (Lipinski definition) is 1. The average Bonchev–Trinajstić information content (AvgIpc) is 3.23. The molecule has 0 spiro atoms. The maximum atomic E-state index is 15.1. The number of carbonyl (C=O) groups is 2. The van der Waals surface area contributed by atoms with E-state index in [9.17, 15) is 41.0 Å². The van der Waals surface area contributed by atoms with Gasteiger partial charge in [-0.15, -0.1) is 0 Å². The predicted molar refractivity (Wildman–Crippen MR) is 160 cm³/mol. The van der Waals surface area contributed by atoms with Gasteiger partial charge < -0.3 is 9.84 Å². The molecule has 12 heteroatoms. The standard InChI is InChI=1S/C35H32F7NO4/c1-18-9-23(12-25(10-18)34(37,38)39)30-19(2)43(32(46)47-30)17-24-16-33(3,4)8-7-27(24)21-11-22(14-26(36)13-21)28-6-5-20(31(44)45)15-29(28)35(40,41)42/h5-6,9-15,19,30H,7-8,16-17H2,1-4H3,(H,44,45)/t19-,30-/m0/s1. The van der Waals surface area contributed by atoms with Gasteiger partial charge in [0.2, 0.25) is 0 Å². The van der Waals surface area contributed by atoms with E-state index < -0.39 is 64.6 Å². The van der Waals surface area contributed by atoms with Crippen molar-refractivity contribution in [3.8, 4) is 11.1 Å². The second kappa shape index (κ2) is 12.0. The molecule has 0 unspecified atom stereocenters. The van der Waals surface area contributed by atoms with Gasteiger partial charge in [-0.3, -0.25) is 4.90 Å². The normalized spacial score (nSPS) is 20.1. The quantitative estimate of drug-likeness (QED) is 0.267. The highest BCUT2D eigenvalue weighted by molar-refractivity contribution is 5.89. The van der Waals surface area contributed by atoms with Gasteiger partial charge in [0, 0.05) is 6.54 Å². The minimum atomic E-state index is -4.92. The Morgan fingerprint density at radius 2 is 1.66 bits per heavy atom. The molecule has 2 atom stereocenters. The van der Waals surface area contributed by atoms with Gasteiger partial charge >= 0.3 is 24.4 Å². The summed E-state index contributed by atoms with van der Waals surface area (Å²) in [4.78, 5) is 25.9. The van der Waals surface area contributed by atoms with Gasteiger partial charge in [0.05, 0.1) is 22.7 Å². The van der Waals surface area contributed by atoms with Crippen LogP contribution in [0.25, 0.3) is 16.7 Å². The molecule has 5 nitrogen and oxygen atoms in total. The number of hydrogen-bond acceptors (Lipinski definition) is 3. The third-order valence-corrected chi connectivity index (χ3v) is 8.81. The number of allylic oxidation sites excluding steroid dienone is 1. The van der Waals surface area contributed by atoms with Gasteiger partial charge in [-0.05, 0) is 114 Å². The van der Waals surface area contributed by atoms with Crippen LogP contribution in [0.3, 0.4) is 0 Å². The number of carboxylic acids is 1. The first-order chi connectivity index (χ1) is 21.7. The Kier molecular flexibility index (Phi) is 8.70. The highest BCUT2D eigenvalue weighted by Crippen LogP contribution is 2.46. The molecule has 5 rings (SSSR count). The number of cyclic esters (lactones) is 1. The maximum absolute atomic E-state index is 15.1. The van der Waals surface area contributed by atoms with Gasteiger partial charge in [0.15, 0.2) is 0 Å². The first-order valence-corrected chi connectivity index (χ1v) is 14.9. The molecule has 0 bridgehead atoms. The molecule has 1 fully saturated rings. The zero-order valence-corrected chi connectivity index (χ0v) is 25.9. The minimum absolute atomic E-state index is 0.0141. The number of halogens is 7. The van der Waals surface area contributed by atoms with E-state index in [1.807, 2.05) is 13.8 Å². The fraction of sp³-hybridized carbons (Fsp3) is 0.371. The summed E-state index contributed by atoms with van der Waals surface area (Å²) in [6, 6.07) is 8.94. The average molecular weight is 664 g/mol. The number of benzene rings is 3. The Morgan fingerprint density at radius 3 is 2.30 bits per heavy atom. The lowest BCUT2D eigenvalue weighted by molar-refractivity contribution is -0.138. The summed E-state index contributed by atoms with van der Waals surface area (Å²) >= 11 is 0. The number of aromatic carboxylic acids is 1. The summed E-state index contributed by atoms with van der Waals surface area (Å²) < 4.78 is 103. The summed E-state index contributed by atoms with van der Waals surface area (Å²) in [5.41, 5.74) is -1.17. The highest BCUT2D eigenvalue weighted by atomic mass is 19.4. The molecule has 0 radical (unpaired) electrons. The molecule has 1 heterocycles. The number of carboxylic acid groups (broad SMARTS) is 1. The summed E-state index contributed by atoms with van der Waals surface area (Å²) in [6.07, 6.45) is -9.70. The molecule has 1 aliphatic carbocycles. The lowest BCUT2D eigenvalue weighted by atomic mass is 9.72. The van der Waals surface area contributed by atoms with Crippen LogP contribution in [0.1, 0.15) is 84.3 Å². The molecule has 1 amide bonds. The van der Waals surface area contributed by atoms with E-state index in [-0.39, 0.29) is 23.1 Å². The Bertz CT molecular complexity index is 1770. The van der Waals surface area contributed by atoms with Crippen LogP contribution in [-0.4, -0.2) is 34.7 Å². The van der Waals surface area contributed by atoms with E-state index in [1.165, 1.54) is 30.0 Å². The molecule has 3 aromatic carbocycles. The van der Waals surface area contributed by atoms with Crippen molar-refractivity contribution in [1.82, 2.24) is 4.90 Å². The van der Waals surface area contributed by atoms with Crippen molar-refractivity contribution < 1.29 is 50.2 Å². The van der Waals surface area contributed by atoms with Gasteiger partial charge in [-0.25, -0.2) is 14.0 Å². The number of ether oxygens (including phenoxy) is 1. The molecule has 2 aliphatic rings. The summed E-state index contributed by atoms with van der Waals surface area (Å²) in [5, 5.41) is 9.24. The molecule has 250 valence electrons. The Morgan fingerprint density at radius 1 is 0.979 bits per heavy atom. The number of alkyl halides is 6. The van der Waals surface area contributed by atoms with Crippen molar-refractivity contribution in [3.05, 3.63) is 99.4 Å². The van der Waals surface area contributed by atoms with E-state index in [0.717, 1.165) is 35.9 Å². The first-order valence-electron chi connectivity index (χ1n) is 14.9. The Hall–Kier alpha value is -4.35. The van der Waals surface area contributed by atoms with Gasteiger partial charge in [0.1, 0.15) is 11.9 Å². The van der Waals surface area contributed by atoms with Crippen LogP contribution in [0, 0.1) is 18.2 Å². The fourth-order valence-electron chi connectivity index (χ4n) is 6.50. The number of nitrogens with zero attached hydrogens (tertiary/aromatic N) is 1. The monoisotopic (exact) mass is 663 g/mol. The smallest absolute Gasteiger partial charge is 0.417 e. The van der Waals surface area contributed by atoms with Crippen molar-refractivity contribution in [2.24, 2.45) is 5.41 Å². The molecule has 47 heavy (non-hydrogen) atoms. The molecule has 0 saturated carbocycles. The van der Waals surface area contributed by atoms with Gasteiger partial charge in [0.25, 0.3) is 0 Å². The Balaban J connectivity index is 1.55. The number of rotatable bonds is 6. The van der Waals surface area contributed by atoms with E-state index >= 15 is 4.39 Å². The highest BCUT2D eigenvalue weighted by Gasteiger charge is 2.42. The van der Waals surface area contributed by atoms with E-state index in [2.05, 4.69) is 0 Å². The number of aryl methyl sites for hydroxylation is 1. The van der Waals surface area contributed by atoms with Crippen molar-refractivity contribution in [2.75, 3.05) is 6.54 Å². The first kappa shape index (κ1) is 34.0. The maximum Gasteiger partial charge on any atom is 0.417 e. The fourth-order valence-corrected chi connectivity index (χ4v) is 6.50. The van der Waals surface area contributed by atoms with Crippen LogP contribution >= 0.6 is 0 Å². The van der Waals surface area contributed by atoms with Crippen LogP contribution < -0.4 is 0 Å². The second-order valence-corrected chi connectivity index (χ2v) is 13.0. The zero-order valence-electron chi connectivity index (χ0n) is 25.9. The van der Waals surface area contributed by atoms with Crippen molar-refractivity contribution >= 4 is 17.6 Å². The summed E-state index contributed by atoms with van der Waals surface area (Å²) in [5.74, 6) is -2.35. The number of carbonyl (C=O) groups excluding carboxylic acids is 1. The lowest BCUT2D eigenvalue weighted by Gasteiger charge is -2.35. The zero-order chi connectivity index (χ0) is 34.6. The molecule has 1 N–H and O–H groups in total. The van der Waals surface area contributed by atoms with Crippen LogP contribution in [0.4, 0.5) is 35.5 Å². The minimum Gasteiger partial charge on any atom is -0.478 e. The third kappa shape index (κ3) is 7.16. The van der Waals surface area contributed by atoms with Crippen LogP contribution in [0.2, 0.25) is 0 Å². The topological polar surface area (TPSA) is 66.8 Å². The largest absolute Gasteiger partial charge is 0.478 e. The second-order valence-electron chi connectivity index (χ2n) is 13.0. The SMILES string of the molecule is Cc1cc([C@H]2OC(=O)N(CC3=C(c4cc(F)cc(-c5ccc(C(=O)O)cc5C(F)(F)F)c4)CCC(C)(C)C3)[C@H]2C)cc(C(F)(F)F)c1. The third-order valence-electron chi connectivity index (χ3n) is 8.81. The van der Waals surface area contributed by atoms with Crippen LogP contribution in [0.15, 0.2) is 60.2 Å². The molecule has 1 saturated heterocycles. The molecule has 3 aromatic rings. The molecule has 1 aliphatic heterocycles. The lowest BCUT2D eigenvalue weighted by Crippen LogP contribution is -2.35. The molecule has 0 aromatic heterocycles. The molecular formula is C35H32F7NO4. The predicted octanol–water partition coefficient (Wildman–Crippen LogP) is 10.1. The van der Waals surface area contributed by atoms with Gasteiger partial charge in [-0.2, -0.15) is 26.3 Å².